The lowest BCUT2D eigenvalue weighted by molar-refractivity contribution is -0.0349. The first-order valence-corrected chi connectivity index (χ1v) is 11.3. The maximum atomic E-state index is 12.6. The van der Waals surface area contributed by atoms with Crippen LogP contribution in [0.4, 0.5) is 4.79 Å². The van der Waals surface area contributed by atoms with E-state index >= 15 is 0 Å². The van der Waals surface area contributed by atoms with Crippen molar-refractivity contribution in [2.45, 2.75) is 38.3 Å². The van der Waals surface area contributed by atoms with Crippen LogP contribution in [0.15, 0.2) is 42.6 Å². The number of carbonyl (C=O) groups is 1. The third kappa shape index (κ3) is 5.40. The van der Waals surface area contributed by atoms with Crippen molar-refractivity contribution in [2.24, 2.45) is 5.92 Å². The van der Waals surface area contributed by atoms with Crippen molar-refractivity contribution in [1.29, 1.82) is 0 Å². The van der Waals surface area contributed by atoms with Crippen LogP contribution in [0.3, 0.4) is 0 Å². The molecule has 2 aromatic rings. The summed E-state index contributed by atoms with van der Waals surface area (Å²) in [6.45, 7) is 8.11. The van der Waals surface area contributed by atoms with Gasteiger partial charge < -0.3 is 19.5 Å². The molecule has 0 aliphatic carbocycles. The summed E-state index contributed by atoms with van der Waals surface area (Å²) in [5.74, 6) is 1.08. The van der Waals surface area contributed by atoms with Crippen LogP contribution in [-0.4, -0.2) is 62.0 Å². The average molecular weight is 440 g/mol. The molecule has 1 aromatic heterocycles. The summed E-state index contributed by atoms with van der Waals surface area (Å²) >= 11 is 0. The summed E-state index contributed by atoms with van der Waals surface area (Å²) in [7, 11) is 1.64. The summed E-state index contributed by atoms with van der Waals surface area (Å²) in [5.41, 5.74) is 2.53. The standard InChI is InChI=1S/C25H33N3O4/c1-25(2,27-24(29)32-22-17-28-12-10-19(22)11-13-28)21-7-4-18(5-8-21)20-6-9-23(26-16-20)31-15-14-30-3/h4-9,16,19,22H,10-15,17H2,1-3H3,(H,27,29). The molecule has 1 amide bonds. The van der Waals surface area contributed by atoms with Crippen LogP contribution < -0.4 is 10.1 Å². The molecule has 1 aromatic carbocycles. The van der Waals surface area contributed by atoms with Crippen molar-refractivity contribution in [3.63, 3.8) is 0 Å². The van der Waals surface area contributed by atoms with Gasteiger partial charge in [0.25, 0.3) is 0 Å². The smallest absolute Gasteiger partial charge is 0.408 e. The number of carbonyl (C=O) groups excluding carboxylic acids is 1. The highest BCUT2D eigenvalue weighted by molar-refractivity contribution is 5.69. The van der Waals surface area contributed by atoms with Crippen molar-refractivity contribution in [1.82, 2.24) is 15.2 Å². The van der Waals surface area contributed by atoms with Crippen molar-refractivity contribution < 1.29 is 19.0 Å². The van der Waals surface area contributed by atoms with E-state index in [0.29, 0.717) is 25.0 Å². The highest BCUT2D eigenvalue weighted by Gasteiger charge is 2.37. The second-order valence-electron chi connectivity index (χ2n) is 9.14. The highest BCUT2D eigenvalue weighted by Crippen LogP contribution is 2.30. The fourth-order valence-electron chi connectivity index (χ4n) is 4.48. The number of piperidine rings is 3. The molecule has 172 valence electrons. The number of nitrogens with one attached hydrogen (secondary N) is 1. The van der Waals surface area contributed by atoms with Crippen LogP contribution in [0.1, 0.15) is 32.3 Å². The fourth-order valence-corrected chi connectivity index (χ4v) is 4.48. The molecule has 7 nitrogen and oxygen atoms in total. The highest BCUT2D eigenvalue weighted by atomic mass is 16.6. The van der Waals surface area contributed by atoms with Gasteiger partial charge in [-0.15, -0.1) is 0 Å². The molecular formula is C25H33N3O4. The van der Waals surface area contributed by atoms with E-state index < -0.39 is 5.54 Å². The Kier molecular flexibility index (Phi) is 6.96. The number of ether oxygens (including phenoxy) is 3. The molecule has 5 rings (SSSR count). The molecule has 1 unspecified atom stereocenters. The van der Waals surface area contributed by atoms with Gasteiger partial charge in [-0.2, -0.15) is 0 Å². The number of benzene rings is 1. The van der Waals surface area contributed by atoms with E-state index in [2.05, 4.69) is 15.2 Å². The molecular weight excluding hydrogens is 406 g/mol. The van der Waals surface area contributed by atoms with Crippen LogP contribution in [-0.2, 0) is 15.0 Å². The minimum atomic E-state index is -0.541. The normalized spacial score (nSPS) is 22.4. The first kappa shape index (κ1) is 22.6. The van der Waals surface area contributed by atoms with Gasteiger partial charge in [-0.05, 0) is 62.9 Å². The van der Waals surface area contributed by atoms with Gasteiger partial charge in [0.1, 0.15) is 12.7 Å². The van der Waals surface area contributed by atoms with Crippen molar-refractivity contribution in [3.05, 3.63) is 48.2 Å². The largest absolute Gasteiger partial charge is 0.475 e. The lowest BCUT2D eigenvalue weighted by atomic mass is 9.86. The summed E-state index contributed by atoms with van der Waals surface area (Å²) in [6, 6.07) is 12.0. The second kappa shape index (κ2) is 9.88. The Morgan fingerprint density at radius 1 is 1.09 bits per heavy atom. The van der Waals surface area contributed by atoms with E-state index in [9.17, 15) is 4.79 Å². The predicted molar refractivity (Wildman–Crippen MR) is 123 cm³/mol. The molecule has 3 aliphatic rings. The summed E-state index contributed by atoms with van der Waals surface area (Å²) in [5, 5.41) is 3.05. The van der Waals surface area contributed by atoms with Crippen LogP contribution in [0.5, 0.6) is 5.88 Å². The van der Waals surface area contributed by atoms with Gasteiger partial charge in [-0.1, -0.05) is 24.3 Å². The van der Waals surface area contributed by atoms with E-state index in [-0.39, 0.29) is 12.2 Å². The van der Waals surface area contributed by atoms with Crippen molar-refractivity contribution in [2.75, 3.05) is 40.0 Å². The quantitative estimate of drug-likeness (QED) is 0.631. The third-order valence-electron chi connectivity index (χ3n) is 6.48. The summed E-state index contributed by atoms with van der Waals surface area (Å²) < 4.78 is 16.3. The molecule has 0 saturated carbocycles. The molecule has 0 radical (unpaired) electrons. The number of fused-ring (bicyclic) bond motifs is 3. The van der Waals surface area contributed by atoms with Crippen LogP contribution in [0.25, 0.3) is 11.1 Å². The van der Waals surface area contributed by atoms with Gasteiger partial charge in [0, 0.05) is 31.5 Å². The molecule has 1 atom stereocenters. The summed E-state index contributed by atoms with van der Waals surface area (Å²) in [4.78, 5) is 19.3. The minimum Gasteiger partial charge on any atom is -0.475 e. The number of amides is 1. The Morgan fingerprint density at radius 2 is 1.81 bits per heavy atom. The molecule has 2 bridgehead atoms. The van der Waals surface area contributed by atoms with Gasteiger partial charge in [-0.25, -0.2) is 9.78 Å². The molecule has 3 saturated heterocycles. The van der Waals surface area contributed by atoms with E-state index in [0.717, 1.165) is 49.2 Å². The number of pyridine rings is 1. The number of hydrogen-bond donors (Lipinski definition) is 1. The number of hydrogen-bond acceptors (Lipinski definition) is 6. The Morgan fingerprint density at radius 3 is 2.41 bits per heavy atom. The molecule has 1 N–H and O–H groups in total. The molecule has 0 spiro atoms. The van der Waals surface area contributed by atoms with Crippen LogP contribution >= 0.6 is 0 Å². The van der Waals surface area contributed by atoms with Crippen molar-refractivity contribution >= 4 is 6.09 Å². The maximum absolute atomic E-state index is 12.6. The zero-order valence-corrected chi connectivity index (χ0v) is 19.2. The Balaban J connectivity index is 1.34. The number of rotatable bonds is 8. The number of methoxy groups -OCH3 is 1. The average Bonchev–Trinajstić information content (AvgIpc) is 2.80. The van der Waals surface area contributed by atoms with E-state index in [1.807, 2.05) is 50.2 Å². The maximum Gasteiger partial charge on any atom is 0.408 e. The third-order valence-corrected chi connectivity index (χ3v) is 6.48. The fraction of sp³-hybridized carbons (Fsp3) is 0.520. The topological polar surface area (TPSA) is 72.9 Å². The van der Waals surface area contributed by atoms with E-state index in [1.165, 1.54) is 0 Å². The van der Waals surface area contributed by atoms with Gasteiger partial charge in [0.05, 0.1) is 12.1 Å². The second-order valence-corrected chi connectivity index (χ2v) is 9.14. The molecule has 3 aliphatic heterocycles. The molecule has 4 heterocycles. The SMILES string of the molecule is COCCOc1ccc(-c2ccc(C(C)(C)NC(=O)OC3CN4CCC3CC4)cc2)cn1. The zero-order valence-electron chi connectivity index (χ0n) is 19.2. The van der Waals surface area contributed by atoms with Gasteiger partial charge in [-0.3, -0.25) is 4.90 Å². The Labute approximate surface area is 190 Å². The van der Waals surface area contributed by atoms with Gasteiger partial charge in [0.15, 0.2) is 0 Å². The summed E-state index contributed by atoms with van der Waals surface area (Å²) in [6.07, 6.45) is 3.71. The lowest BCUT2D eigenvalue weighted by Crippen LogP contribution is -2.53. The van der Waals surface area contributed by atoms with Gasteiger partial charge >= 0.3 is 6.09 Å². The van der Waals surface area contributed by atoms with E-state index in [4.69, 9.17) is 14.2 Å². The number of nitrogens with zero attached hydrogens (tertiary/aromatic N) is 2. The van der Waals surface area contributed by atoms with Crippen molar-refractivity contribution in [3.8, 4) is 17.0 Å². The first-order valence-electron chi connectivity index (χ1n) is 11.3. The van der Waals surface area contributed by atoms with E-state index in [1.54, 1.807) is 13.3 Å². The molecule has 7 heteroatoms. The lowest BCUT2D eigenvalue weighted by Gasteiger charge is -2.44. The Hall–Kier alpha value is -2.64. The Bertz CT molecular complexity index is 890. The number of aromatic nitrogens is 1. The van der Waals surface area contributed by atoms with Crippen LogP contribution in [0.2, 0.25) is 0 Å². The minimum absolute atomic E-state index is 0.00428. The molecule has 3 fully saturated rings. The van der Waals surface area contributed by atoms with Crippen LogP contribution in [0, 0.1) is 5.92 Å². The zero-order chi connectivity index (χ0) is 22.6. The monoisotopic (exact) mass is 439 g/mol. The molecule has 32 heavy (non-hydrogen) atoms. The van der Waals surface area contributed by atoms with Gasteiger partial charge in [0.2, 0.25) is 5.88 Å². The predicted octanol–water partition coefficient (Wildman–Crippen LogP) is 3.83. The first-order chi connectivity index (χ1) is 15.4. The number of alkyl carbamates (subject to hydrolysis) is 1.